The topological polar surface area (TPSA) is 88.0 Å². The van der Waals surface area contributed by atoms with E-state index in [1.54, 1.807) is 58.3 Å². The lowest BCUT2D eigenvalue weighted by Gasteiger charge is -2.54. The second-order valence-electron chi connectivity index (χ2n) is 14.0. The summed E-state index contributed by atoms with van der Waals surface area (Å²) in [7, 11) is -2.16. The van der Waals surface area contributed by atoms with Crippen LogP contribution in [0.5, 0.6) is 0 Å². The zero-order valence-corrected chi connectivity index (χ0v) is 29.0. The number of hydrogen-bond acceptors (Lipinski definition) is 7. The summed E-state index contributed by atoms with van der Waals surface area (Å²) < 4.78 is 77.9. The van der Waals surface area contributed by atoms with Crippen LogP contribution in [0.4, 0.5) is 18.9 Å². The number of aryl methyl sites for hydroxylation is 1. The van der Waals surface area contributed by atoms with Crippen molar-refractivity contribution in [1.82, 2.24) is 18.8 Å². The normalized spacial score (nSPS) is 17.8. The molecule has 3 aromatic carbocycles. The zero-order chi connectivity index (χ0) is 35.7. The monoisotopic (exact) mass is 715 g/mol. The number of carbonyl (C=O) groups excluding carboxylic acids is 1. The van der Waals surface area contributed by atoms with Gasteiger partial charge in [0.25, 0.3) is 15.9 Å². The standard InChI is InChI=1S/C38H36F3N5O4S/c1-25-3-10-30(11-4-25)51(48,49)46-20-32(26-5-7-27(8-6-26)36(47)45-21-37(22-45)23-50-24-37)31-17-29(19-42-35(31)46)28-9-12-34(33(18-28)38(39,40)41)44-15-13-43(2)14-16-44/h3-12,17-20H,13-16,21-24H2,1-2H3. The molecule has 3 aliphatic rings. The summed E-state index contributed by atoms with van der Waals surface area (Å²) in [6, 6.07) is 19.4. The molecule has 0 radical (unpaired) electrons. The maximum absolute atomic E-state index is 14.5. The first-order valence-corrected chi connectivity index (χ1v) is 18.2. The largest absolute Gasteiger partial charge is 0.418 e. The van der Waals surface area contributed by atoms with Gasteiger partial charge in [-0.25, -0.2) is 17.4 Å². The van der Waals surface area contributed by atoms with Crippen molar-refractivity contribution in [2.24, 2.45) is 5.41 Å². The van der Waals surface area contributed by atoms with Gasteiger partial charge in [0.05, 0.1) is 29.1 Å². The first-order valence-electron chi connectivity index (χ1n) is 16.8. The molecule has 1 spiro atoms. The highest BCUT2D eigenvalue weighted by molar-refractivity contribution is 7.90. The quantitative estimate of drug-likeness (QED) is 0.208. The molecule has 1 amide bonds. The number of aromatic nitrogens is 2. The maximum atomic E-state index is 14.5. The highest BCUT2D eigenvalue weighted by atomic mass is 32.2. The van der Waals surface area contributed by atoms with Gasteiger partial charge in [0.15, 0.2) is 5.65 Å². The first kappa shape index (κ1) is 33.4. The molecule has 5 heterocycles. The smallest absolute Gasteiger partial charge is 0.380 e. The van der Waals surface area contributed by atoms with E-state index >= 15 is 0 Å². The Morgan fingerprint density at radius 1 is 0.863 bits per heavy atom. The Labute approximate surface area is 293 Å². The summed E-state index contributed by atoms with van der Waals surface area (Å²) >= 11 is 0. The molecular formula is C38H36F3N5O4S. The Bertz CT molecular complexity index is 2250. The first-order chi connectivity index (χ1) is 24.3. The lowest BCUT2D eigenvalue weighted by molar-refractivity contribution is -0.176. The number of pyridine rings is 1. The van der Waals surface area contributed by atoms with Crippen molar-refractivity contribution in [2.45, 2.75) is 18.0 Å². The fourth-order valence-electron chi connectivity index (χ4n) is 7.20. The Balaban J connectivity index is 1.20. The van der Waals surface area contributed by atoms with Crippen molar-refractivity contribution in [1.29, 1.82) is 0 Å². The average molecular weight is 716 g/mol. The van der Waals surface area contributed by atoms with Gasteiger partial charge in [-0.05, 0) is 67.6 Å². The van der Waals surface area contributed by atoms with Crippen LogP contribution in [0.3, 0.4) is 0 Å². The number of halogens is 3. The molecule has 0 N–H and O–H groups in total. The van der Waals surface area contributed by atoms with E-state index in [-0.39, 0.29) is 27.6 Å². The predicted octanol–water partition coefficient (Wildman–Crippen LogP) is 6.16. The van der Waals surface area contributed by atoms with Gasteiger partial charge < -0.3 is 19.4 Å². The number of rotatable bonds is 6. The number of likely N-dealkylation sites (tertiary alicyclic amines) is 1. The number of carbonyl (C=O) groups is 1. The molecule has 13 heteroatoms. The highest BCUT2D eigenvalue weighted by Crippen LogP contribution is 2.42. The minimum atomic E-state index is -4.59. The van der Waals surface area contributed by atoms with E-state index in [2.05, 4.69) is 9.88 Å². The van der Waals surface area contributed by atoms with E-state index in [1.807, 2.05) is 14.0 Å². The van der Waals surface area contributed by atoms with Gasteiger partial charge in [-0.15, -0.1) is 0 Å². The van der Waals surface area contributed by atoms with Gasteiger partial charge in [0, 0.05) is 79.4 Å². The number of likely N-dealkylation sites (N-methyl/N-ethyl adjacent to an activating group) is 1. The Hall–Kier alpha value is -4.72. The number of ether oxygens (including phenoxy) is 1. The molecule has 2 aromatic heterocycles. The van der Waals surface area contributed by atoms with E-state index in [0.717, 1.165) is 15.6 Å². The van der Waals surface area contributed by atoms with Gasteiger partial charge in [-0.2, -0.15) is 13.2 Å². The van der Waals surface area contributed by atoms with Gasteiger partial charge in [0.1, 0.15) is 0 Å². The Morgan fingerprint density at radius 2 is 1.53 bits per heavy atom. The predicted molar refractivity (Wildman–Crippen MR) is 188 cm³/mol. The van der Waals surface area contributed by atoms with Crippen LogP contribution in [0.1, 0.15) is 21.5 Å². The van der Waals surface area contributed by atoms with E-state index < -0.39 is 21.8 Å². The highest BCUT2D eigenvalue weighted by Gasteiger charge is 2.50. The molecule has 3 fully saturated rings. The summed E-state index contributed by atoms with van der Waals surface area (Å²) in [5.74, 6) is -0.0899. The molecule has 3 saturated heterocycles. The van der Waals surface area contributed by atoms with E-state index in [9.17, 15) is 26.4 Å². The van der Waals surface area contributed by atoms with Crippen molar-refractivity contribution in [2.75, 3.05) is 64.4 Å². The summed E-state index contributed by atoms with van der Waals surface area (Å²) in [6.45, 7) is 6.79. The van der Waals surface area contributed by atoms with Gasteiger partial charge in [-0.3, -0.25) is 4.79 Å². The third kappa shape index (κ3) is 5.96. The van der Waals surface area contributed by atoms with Gasteiger partial charge in [-0.1, -0.05) is 35.9 Å². The van der Waals surface area contributed by atoms with Gasteiger partial charge in [0.2, 0.25) is 0 Å². The van der Waals surface area contributed by atoms with Crippen LogP contribution in [-0.4, -0.2) is 92.6 Å². The van der Waals surface area contributed by atoms with Crippen LogP contribution in [0, 0.1) is 12.3 Å². The van der Waals surface area contributed by atoms with Crippen LogP contribution >= 0.6 is 0 Å². The maximum Gasteiger partial charge on any atom is 0.418 e. The number of benzene rings is 3. The van der Waals surface area contributed by atoms with Gasteiger partial charge >= 0.3 is 6.18 Å². The van der Waals surface area contributed by atoms with Crippen LogP contribution in [-0.2, 0) is 20.9 Å². The molecule has 3 aliphatic heterocycles. The number of amides is 1. The summed E-state index contributed by atoms with van der Waals surface area (Å²) in [5.41, 5.74) is 2.86. The lowest BCUT2D eigenvalue weighted by Crippen LogP contribution is -2.67. The Kier molecular flexibility index (Phi) is 8.00. The summed E-state index contributed by atoms with van der Waals surface area (Å²) in [4.78, 5) is 23.4. The van der Waals surface area contributed by atoms with Crippen LogP contribution in [0.25, 0.3) is 33.3 Å². The number of fused-ring (bicyclic) bond motifs is 1. The molecule has 264 valence electrons. The number of piperazine rings is 1. The summed E-state index contributed by atoms with van der Waals surface area (Å²) in [6.07, 6.45) is -1.70. The Morgan fingerprint density at radius 3 is 2.16 bits per heavy atom. The molecule has 0 saturated carbocycles. The van der Waals surface area contributed by atoms with E-state index in [0.29, 0.717) is 85.7 Å². The second-order valence-corrected chi connectivity index (χ2v) is 15.8. The fraction of sp³-hybridized carbons (Fsp3) is 0.316. The minimum Gasteiger partial charge on any atom is -0.380 e. The lowest BCUT2D eigenvalue weighted by atomic mass is 9.78. The van der Waals surface area contributed by atoms with E-state index in [4.69, 9.17) is 4.74 Å². The number of nitrogens with zero attached hydrogens (tertiary/aromatic N) is 5. The molecule has 9 nitrogen and oxygen atoms in total. The molecule has 8 rings (SSSR count). The van der Waals surface area contributed by atoms with Crippen molar-refractivity contribution < 1.29 is 31.1 Å². The molecule has 5 aromatic rings. The molecule has 0 bridgehead atoms. The van der Waals surface area contributed by atoms with Crippen molar-refractivity contribution in [3.63, 3.8) is 0 Å². The molecule has 0 aliphatic carbocycles. The molecular weight excluding hydrogens is 680 g/mol. The third-order valence-corrected chi connectivity index (χ3v) is 11.9. The molecule has 0 unspecified atom stereocenters. The van der Waals surface area contributed by atoms with Crippen LogP contribution in [0.15, 0.2) is 90.1 Å². The SMILES string of the molecule is Cc1ccc(S(=O)(=O)n2cc(-c3ccc(C(=O)N4CC5(COC5)C4)cc3)c3cc(-c4ccc(N5CCN(C)CC5)c(C(F)(F)F)c4)cnc32)cc1. The van der Waals surface area contributed by atoms with Crippen molar-refractivity contribution in [3.05, 3.63) is 102 Å². The average Bonchev–Trinajstić information content (AvgIpc) is 3.47. The van der Waals surface area contributed by atoms with Crippen LogP contribution in [0.2, 0.25) is 0 Å². The summed E-state index contributed by atoms with van der Waals surface area (Å²) in [5, 5.41) is 0.439. The van der Waals surface area contributed by atoms with Crippen molar-refractivity contribution in [3.8, 4) is 22.3 Å². The number of alkyl halides is 3. The number of hydrogen-bond donors (Lipinski definition) is 0. The fourth-order valence-corrected chi connectivity index (χ4v) is 8.52. The zero-order valence-electron chi connectivity index (χ0n) is 28.2. The van der Waals surface area contributed by atoms with E-state index in [1.165, 1.54) is 30.6 Å². The van der Waals surface area contributed by atoms with Crippen molar-refractivity contribution >= 4 is 32.7 Å². The minimum absolute atomic E-state index is 0.0712. The number of anilines is 1. The molecule has 51 heavy (non-hydrogen) atoms. The second kappa shape index (κ2) is 12.2. The molecule has 0 atom stereocenters. The third-order valence-electron chi connectivity index (χ3n) is 10.3. The van der Waals surface area contributed by atoms with Crippen LogP contribution < -0.4 is 4.90 Å².